The van der Waals surface area contributed by atoms with Gasteiger partial charge in [0, 0.05) is 88.9 Å². The van der Waals surface area contributed by atoms with Gasteiger partial charge in [0.2, 0.25) is 0 Å². The lowest BCUT2D eigenvalue weighted by Gasteiger charge is -2.30. The molecular weight excluding hydrogens is 1220 g/mol. The van der Waals surface area contributed by atoms with Crippen LogP contribution in [0.1, 0.15) is 124 Å². The summed E-state index contributed by atoms with van der Waals surface area (Å²) < 4.78 is 4.84. The van der Waals surface area contributed by atoms with E-state index in [-0.39, 0.29) is 21.7 Å². The first-order chi connectivity index (χ1) is 49.0. The SMILES string of the molecule is C=Cc1c(/C=C(\C)c2ccc3c(c2)c2cc(N(c4ccc5c(c4)C(C)(C)c4ccccc4-5)c4ccc5c(c4)C(C)(C)c4ccccc4-5)ccc2n3-c2ccccc2)c2cc(N(c3ccc4c(c3)C(C)(C)c3ccccc3-4)c3ccc4c(c3)C(C)(C)c3ccccc3-4)ccc2n1-c1ccccc1. The molecule has 15 aromatic rings. The molecule has 4 heteroatoms. The van der Waals surface area contributed by atoms with Crippen molar-refractivity contribution in [3.63, 3.8) is 0 Å². The van der Waals surface area contributed by atoms with Crippen LogP contribution in [0.5, 0.6) is 0 Å². The van der Waals surface area contributed by atoms with E-state index in [0.29, 0.717) is 0 Å². The average Bonchev–Trinajstić information content (AvgIpc) is 1.61. The second kappa shape index (κ2) is 21.9. The number of hydrogen-bond donors (Lipinski definition) is 0. The first kappa shape index (κ1) is 60.5. The van der Waals surface area contributed by atoms with Gasteiger partial charge in [-0.2, -0.15) is 0 Å². The van der Waals surface area contributed by atoms with Crippen molar-refractivity contribution in [2.24, 2.45) is 0 Å². The standard InChI is InChI=1S/C97H78N4/c1-11-90-78(80-54-64(43-50-92(80)100(90)62-26-14-12-15-27-62)98(66-39-45-74-70-30-18-22-34-82(70)94(3,4)86(74)56-66)67-40-46-75-71-31-19-23-35-83(71)95(5,6)87(75)57-67)52-60(2)61-38-49-91-79(53-61)81-55-65(44-51-93(81)101(91)63-28-16-13-17-29-63)99(68-41-47-76-72-32-20-24-36-84(72)96(7,8)88(76)58-68)69-42-48-77-73-33-21-25-37-85(73)97(9,10)89(77)59-69/h11-59H,1H2,2-10H3/b60-52+. The van der Waals surface area contributed by atoms with E-state index in [4.69, 9.17) is 0 Å². The summed E-state index contributed by atoms with van der Waals surface area (Å²) in [5.41, 5.74) is 37.3. The Balaban J connectivity index is 0.796. The highest BCUT2D eigenvalue weighted by molar-refractivity contribution is 6.12. The number of rotatable bonds is 11. The summed E-state index contributed by atoms with van der Waals surface area (Å²) >= 11 is 0. The zero-order valence-electron chi connectivity index (χ0n) is 58.8. The van der Waals surface area contributed by atoms with E-state index in [9.17, 15) is 0 Å². The molecule has 2 aromatic heterocycles. The Morgan fingerprint density at radius 1 is 0.297 bits per heavy atom. The van der Waals surface area contributed by atoms with Crippen LogP contribution in [0.3, 0.4) is 0 Å². The van der Waals surface area contributed by atoms with Crippen LogP contribution in [0, 0.1) is 0 Å². The molecule has 0 unspecified atom stereocenters. The van der Waals surface area contributed by atoms with E-state index in [2.05, 4.69) is 385 Å². The largest absolute Gasteiger partial charge is 0.310 e. The van der Waals surface area contributed by atoms with Crippen LogP contribution in [-0.2, 0) is 21.7 Å². The number of para-hydroxylation sites is 2. The van der Waals surface area contributed by atoms with Crippen molar-refractivity contribution >= 4 is 84.6 Å². The molecular formula is C97H78N4. The van der Waals surface area contributed by atoms with Crippen molar-refractivity contribution < 1.29 is 0 Å². The molecule has 0 amide bonds. The summed E-state index contributed by atoms with van der Waals surface area (Å²) in [6.07, 6.45) is 4.47. The van der Waals surface area contributed by atoms with Crippen molar-refractivity contribution in [1.29, 1.82) is 0 Å². The van der Waals surface area contributed by atoms with Gasteiger partial charge in [-0.05, 0) is 241 Å². The molecule has 2 heterocycles. The molecule has 0 atom stereocenters. The smallest absolute Gasteiger partial charge is 0.0542 e. The number of anilines is 6. The summed E-state index contributed by atoms with van der Waals surface area (Å²) in [5, 5.41) is 3.50. The Kier molecular flexibility index (Phi) is 13.1. The highest BCUT2D eigenvalue weighted by atomic mass is 15.2. The molecule has 4 aliphatic rings. The molecule has 0 aliphatic heterocycles. The first-order valence-electron chi connectivity index (χ1n) is 35.8. The molecule has 0 radical (unpaired) electrons. The molecule has 486 valence electrons. The van der Waals surface area contributed by atoms with Crippen LogP contribution in [0.25, 0.3) is 106 Å². The van der Waals surface area contributed by atoms with E-state index >= 15 is 0 Å². The fourth-order valence-electron chi connectivity index (χ4n) is 18.4. The van der Waals surface area contributed by atoms with Gasteiger partial charge >= 0.3 is 0 Å². The lowest BCUT2D eigenvalue weighted by molar-refractivity contribution is 0.659. The van der Waals surface area contributed by atoms with Crippen LogP contribution < -0.4 is 9.80 Å². The summed E-state index contributed by atoms with van der Waals surface area (Å²) in [6, 6.07) is 108. The van der Waals surface area contributed by atoms with Gasteiger partial charge in [-0.3, -0.25) is 0 Å². The quantitative estimate of drug-likeness (QED) is 0.128. The van der Waals surface area contributed by atoms with E-state index in [1.165, 1.54) is 99.8 Å². The number of nitrogens with zero attached hydrogens (tertiary/aromatic N) is 4. The van der Waals surface area contributed by atoms with Crippen LogP contribution in [0.4, 0.5) is 34.1 Å². The third kappa shape index (κ3) is 8.80. The van der Waals surface area contributed by atoms with Crippen LogP contribution in [-0.4, -0.2) is 9.13 Å². The predicted molar refractivity (Wildman–Crippen MR) is 427 cm³/mol. The Bertz CT molecular complexity index is 5850. The molecule has 19 rings (SSSR count). The molecule has 13 aromatic carbocycles. The fourth-order valence-corrected chi connectivity index (χ4v) is 18.4. The number of benzene rings is 13. The van der Waals surface area contributed by atoms with E-state index in [0.717, 1.165) is 89.8 Å². The molecule has 0 saturated carbocycles. The molecule has 4 aliphatic carbocycles. The lowest BCUT2D eigenvalue weighted by atomic mass is 9.82. The van der Waals surface area contributed by atoms with E-state index in [1.54, 1.807) is 0 Å². The van der Waals surface area contributed by atoms with Crippen molar-refractivity contribution in [3.8, 4) is 55.9 Å². The summed E-state index contributed by atoms with van der Waals surface area (Å²) in [7, 11) is 0. The van der Waals surface area contributed by atoms with Crippen LogP contribution >= 0.6 is 0 Å². The number of hydrogen-bond acceptors (Lipinski definition) is 2. The minimum Gasteiger partial charge on any atom is -0.310 e. The number of allylic oxidation sites excluding steroid dienone is 1. The van der Waals surface area contributed by atoms with Crippen molar-refractivity contribution in [2.45, 2.75) is 84.0 Å². The van der Waals surface area contributed by atoms with Gasteiger partial charge in [-0.15, -0.1) is 0 Å². The van der Waals surface area contributed by atoms with Crippen molar-refractivity contribution in [2.75, 3.05) is 9.80 Å². The summed E-state index contributed by atoms with van der Waals surface area (Å²) in [5.74, 6) is 0. The predicted octanol–water partition coefficient (Wildman–Crippen LogP) is 26.1. The second-order valence-corrected chi connectivity index (χ2v) is 30.6. The fraction of sp³-hybridized carbons (Fsp3) is 0.134. The van der Waals surface area contributed by atoms with Crippen molar-refractivity contribution in [1.82, 2.24) is 9.13 Å². The topological polar surface area (TPSA) is 16.3 Å². The van der Waals surface area contributed by atoms with Gasteiger partial charge < -0.3 is 18.9 Å². The monoisotopic (exact) mass is 1300 g/mol. The normalized spacial score (nSPS) is 15.0. The summed E-state index contributed by atoms with van der Waals surface area (Å²) in [6.45, 7) is 26.0. The van der Waals surface area contributed by atoms with Crippen LogP contribution in [0.2, 0.25) is 0 Å². The Labute approximate surface area is 592 Å². The first-order valence-corrected chi connectivity index (χ1v) is 35.8. The van der Waals surface area contributed by atoms with Gasteiger partial charge in [-0.1, -0.05) is 226 Å². The number of fused-ring (bicyclic) bond motifs is 16. The lowest BCUT2D eigenvalue weighted by Crippen LogP contribution is -2.18. The van der Waals surface area contributed by atoms with Gasteiger partial charge in [0.15, 0.2) is 0 Å². The average molecular weight is 1300 g/mol. The van der Waals surface area contributed by atoms with Gasteiger partial charge in [0.05, 0.1) is 22.2 Å². The number of aromatic nitrogens is 2. The van der Waals surface area contributed by atoms with Crippen LogP contribution in [0.15, 0.2) is 292 Å². The highest BCUT2D eigenvalue weighted by Gasteiger charge is 2.41. The maximum atomic E-state index is 4.61. The highest BCUT2D eigenvalue weighted by Crippen LogP contribution is 2.57. The van der Waals surface area contributed by atoms with E-state index < -0.39 is 0 Å². The third-order valence-corrected chi connectivity index (χ3v) is 23.6. The van der Waals surface area contributed by atoms with Gasteiger partial charge in [0.25, 0.3) is 0 Å². The summed E-state index contributed by atoms with van der Waals surface area (Å²) in [4.78, 5) is 5.02. The molecule has 0 bridgehead atoms. The zero-order chi connectivity index (χ0) is 68.6. The molecule has 0 saturated heterocycles. The van der Waals surface area contributed by atoms with Gasteiger partial charge in [0.1, 0.15) is 0 Å². The maximum Gasteiger partial charge on any atom is 0.0542 e. The minimum atomic E-state index is -0.190. The Morgan fingerprint density at radius 2 is 0.594 bits per heavy atom. The molecule has 0 spiro atoms. The Morgan fingerprint density at radius 3 is 0.980 bits per heavy atom. The second-order valence-electron chi connectivity index (χ2n) is 30.6. The zero-order valence-corrected chi connectivity index (χ0v) is 58.8. The third-order valence-electron chi connectivity index (χ3n) is 23.6. The van der Waals surface area contributed by atoms with Gasteiger partial charge in [-0.25, -0.2) is 0 Å². The minimum absolute atomic E-state index is 0.183. The molecule has 0 fully saturated rings. The molecule has 101 heavy (non-hydrogen) atoms. The molecule has 4 nitrogen and oxygen atoms in total. The maximum absolute atomic E-state index is 4.61. The van der Waals surface area contributed by atoms with E-state index in [1.807, 2.05) is 0 Å². The molecule has 0 N–H and O–H groups in total. The Hall–Kier alpha value is -11.7. The van der Waals surface area contributed by atoms with Crippen molar-refractivity contribution in [3.05, 3.63) is 353 Å².